The zero-order valence-corrected chi connectivity index (χ0v) is 14.9. The van der Waals surface area contributed by atoms with Gasteiger partial charge in [0.1, 0.15) is 11.3 Å². The molecule has 0 saturated carbocycles. The van der Waals surface area contributed by atoms with Crippen LogP contribution in [0.3, 0.4) is 0 Å². The molecule has 0 unspecified atom stereocenters. The fourth-order valence-electron chi connectivity index (χ4n) is 1.63. The minimum absolute atomic E-state index is 0.00856. The number of aliphatic imine (C=N–C) groups is 1. The highest BCUT2D eigenvalue weighted by atomic mass is 35.5. The molecule has 0 bridgehead atoms. The normalized spacial score (nSPS) is 12.0. The molecular formula is C16H17Cl2NO5. The number of aliphatic hydroxyl groups excluding tert-OH is 1. The molecule has 0 atom stereocenters. The third-order valence-electron chi connectivity index (χ3n) is 2.84. The van der Waals surface area contributed by atoms with E-state index in [-0.39, 0.29) is 39.2 Å². The van der Waals surface area contributed by atoms with Crippen LogP contribution in [0.4, 0.5) is 5.69 Å². The van der Waals surface area contributed by atoms with E-state index in [9.17, 15) is 14.7 Å². The summed E-state index contributed by atoms with van der Waals surface area (Å²) in [4.78, 5) is 27.6. The Kier molecular flexibility index (Phi) is 7.74. The van der Waals surface area contributed by atoms with Crippen LogP contribution in [0, 0.1) is 0 Å². The van der Waals surface area contributed by atoms with Gasteiger partial charge in [-0.25, -0.2) is 9.59 Å². The standard InChI is InChI=1S/C16H17Cl2NO5/c1-4-7-24-16(22)13-11(17)5-6-12(14(13)18)19-8-10(9(2)20)15(21)23-3/h5-6,8,20H,4,7H2,1-3H3. The van der Waals surface area contributed by atoms with Gasteiger partial charge in [0.05, 0.1) is 35.0 Å². The van der Waals surface area contributed by atoms with Crippen molar-refractivity contribution in [3.63, 3.8) is 0 Å². The van der Waals surface area contributed by atoms with Crippen LogP contribution in [0.5, 0.6) is 0 Å². The van der Waals surface area contributed by atoms with E-state index < -0.39 is 11.9 Å². The molecule has 0 heterocycles. The Hall–Kier alpha value is -2.05. The van der Waals surface area contributed by atoms with E-state index in [0.29, 0.717) is 6.42 Å². The third kappa shape index (κ3) is 4.97. The van der Waals surface area contributed by atoms with Gasteiger partial charge < -0.3 is 14.6 Å². The number of hydrogen-bond donors (Lipinski definition) is 1. The first-order valence-corrected chi connectivity index (χ1v) is 7.76. The zero-order valence-electron chi connectivity index (χ0n) is 13.4. The molecule has 24 heavy (non-hydrogen) atoms. The van der Waals surface area contributed by atoms with Crippen LogP contribution >= 0.6 is 23.2 Å². The van der Waals surface area contributed by atoms with E-state index in [0.717, 1.165) is 6.21 Å². The summed E-state index contributed by atoms with van der Waals surface area (Å²) >= 11 is 12.2. The Labute approximate surface area is 149 Å². The summed E-state index contributed by atoms with van der Waals surface area (Å²) in [7, 11) is 1.18. The monoisotopic (exact) mass is 373 g/mol. The van der Waals surface area contributed by atoms with Gasteiger partial charge in [0.15, 0.2) is 0 Å². The van der Waals surface area contributed by atoms with Crippen LogP contribution in [0.2, 0.25) is 10.0 Å². The van der Waals surface area contributed by atoms with Gasteiger partial charge in [-0.15, -0.1) is 0 Å². The van der Waals surface area contributed by atoms with E-state index in [1.807, 2.05) is 6.92 Å². The highest BCUT2D eigenvalue weighted by Gasteiger charge is 2.19. The first-order valence-electron chi connectivity index (χ1n) is 7.00. The summed E-state index contributed by atoms with van der Waals surface area (Å²) < 4.78 is 9.57. The number of aliphatic hydroxyl groups is 1. The SMILES string of the molecule is CCCOC(=O)c1c(Cl)ccc(N=CC(C(=O)OC)=C(C)O)c1Cl. The van der Waals surface area contributed by atoms with Crippen molar-refractivity contribution >= 4 is 47.0 Å². The Morgan fingerprint density at radius 1 is 1.33 bits per heavy atom. The minimum Gasteiger partial charge on any atom is -0.512 e. The molecule has 0 aliphatic carbocycles. The van der Waals surface area contributed by atoms with E-state index in [1.54, 1.807) is 0 Å². The fraction of sp³-hybridized carbons (Fsp3) is 0.312. The number of halogens is 2. The molecular weight excluding hydrogens is 357 g/mol. The van der Waals surface area contributed by atoms with Gasteiger partial charge in [-0.05, 0) is 25.5 Å². The van der Waals surface area contributed by atoms with E-state index in [2.05, 4.69) is 9.73 Å². The van der Waals surface area contributed by atoms with Gasteiger partial charge in [0, 0.05) is 6.21 Å². The van der Waals surface area contributed by atoms with Gasteiger partial charge in [0.2, 0.25) is 0 Å². The van der Waals surface area contributed by atoms with Crippen molar-refractivity contribution < 1.29 is 24.2 Å². The maximum atomic E-state index is 12.0. The molecule has 0 aromatic heterocycles. The molecule has 1 N–H and O–H groups in total. The van der Waals surface area contributed by atoms with Crippen molar-refractivity contribution in [2.75, 3.05) is 13.7 Å². The molecule has 130 valence electrons. The van der Waals surface area contributed by atoms with Crippen LogP contribution in [0.15, 0.2) is 28.5 Å². The molecule has 0 aliphatic rings. The van der Waals surface area contributed by atoms with Crippen molar-refractivity contribution in [1.82, 2.24) is 0 Å². The fourth-order valence-corrected chi connectivity index (χ4v) is 2.21. The first kappa shape index (κ1) is 20.0. The lowest BCUT2D eigenvalue weighted by molar-refractivity contribution is -0.135. The Morgan fingerprint density at radius 3 is 2.54 bits per heavy atom. The van der Waals surface area contributed by atoms with Crippen molar-refractivity contribution in [3.8, 4) is 0 Å². The Balaban J connectivity index is 3.23. The average molecular weight is 374 g/mol. The molecule has 1 aromatic carbocycles. The number of hydrogen-bond acceptors (Lipinski definition) is 6. The summed E-state index contributed by atoms with van der Waals surface area (Å²) in [5, 5.41) is 9.62. The number of ether oxygens (including phenoxy) is 2. The number of rotatable bonds is 6. The van der Waals surface area contributed by atoms with Crippen molar-refractivity contribution in [2.24, 2.45) is 4.99 Å². The molecule has 1 aromatic rings. The number of benzene rings is 1. The van der Waals surface area contributed by atoms with Crippen LogP contribution in [-0.2, 0) is 14.3 Å². The minimum atomic E-state index is -0.758. The molecule has 0 aliphatic heterocycles. The van der Waals surface area contributed by atoms with Crippen LogP contribution in [0.1, 0.15) is 30.6 Å². The number of carbonyl (C=O) groups is 2. The lowest BCUT2D eigenvalue weighted by Gasteiger charge is -2.09. The van der Waals surface area contributed by atoms with Gasteiger partial charge in [-0.2, -0.15) is 0 Å². The molecule has 1 rings (SSSR count). The zero-order chi connectivity index (χ0) is 18.3. The van der Waals surface area contributed by atoms with Crippen LogP contribution in [0.25, 0.3) is 0 Å². The lowest BCUT2D eigenvalue weighted by Crippen LogP contribution is -2.09. The lowest BCUT2D eigenvalue weighted by atomic mass is 10.2. The quantitative estimate of drug-likeness (QED) is 0.348. The predicted molar refractivity (Wildman–Crippen MR) is 92.5 cm³/mol. The topological polar surface area (TPSA) is 85.2 Å². The Morgan fingerprint density at radius 2 is 2.00 bits per heavy atom. The first-order chi connectivity index (χ1) is 11.3. The van der Waals surface area contributed by atoms with Gasteiger partial charge >= 0.3 is 11.9 Å². The second-order valence-corrected chi connectivity index (χ2v) is 5.43. The molecule has 0 saturated heterocycles. The van der Waals surface area contributed by atoms with E-state index in [1.165, 1.54) is 26.2 Å². The average Bonchev–Trinajstić information content (AvgIpc) is 2.54. The Bertz CT molecular complexity index is 694. The van der Waals surface area contributed by atoms with Gasteiger partial charge in [-0.3, -0.25) is 4.99 Å². The molecule has 0 spiro atoms. The molecule has 8 heteroatoms. The highest BCUT2D eigenvalue weighted by Crippen LogP contribution is 2.34. The molecule has 0 amide bonds. The van der Waals surface area contributed by atoms with E-state index in [4.69, 9.17) is 27.9 Å². The number of carbonyl (C=O) groups excluding carboxylic acids is 2. The van der Waals surface area contributed by atoms with Gasteiger partial charge in [-0.1, -0.05) is 30.1 Å². The summed E-state index contributed by atoms with van der Waals surface area (Å²) in [5.41, 5.74) is 0.0385. The summed E-state index contributed by atoms with van der Waals surface area (Å²) in [6.07, 6.45) is 1.75. The summed E-state index contributed by atoms with van der Waals surface area (Å²) in [6.45, 7) is 3.41. The highest BCUT2D eigenvalue weighted by molar-refractivity contribution is 6.41. The number of nitrogens with zero attached hydrogens (tertiary/aromatic N) is 1. The largest absolute Gasteiger partial charge is 0.512 e. The maximum Gasteiger partial charge on any atom is 0.342 e. The summed E-state index contributed by atoms with van der Waals surface area (Å²) in [5.74, 6) is -1.68. The van der Waals surface area contributed by atoms with Crippen molar-refractivity contribution in [2.45, 2.75) is 20.3 Å². The van der Waals surface area contributed by atoms with Crippen LogP contribution < -0.4 is 0 Å². The van der Waals surface area contributed by atoms with Crippen LogP contribution in [-0.4, -0.2) is 37.0 Å². The third-order valence-corrected chi connectivity index (χ3v) is 3.54. The molecule has 0 fully saturated rings. The molecule has 0 radical (unpaired) electrons. The van der Waals surface area contributed by atoms with E-state index >= 15 is 0 Å². The number of allylic oxidation sites excluding steroid dienone is 1. The maximum absolute atomic E-state index is 12.0. The smallest absolute Gasteiger partial charge is 0.342 e. The number of methoxy groups -OCH3 is 1. The van der Waals surface area contributed by atoms with Gasteiger partial charge in [0.25, 0.3) is 0 Å². The second kappa shape index (κ2) is 9.30. The van der Waals surface area contributed by atoms with Crippen molar-refractivity contribution in [3.05, 3.63) is 39.1 Å². The van der Waals surface area contributed by atoms with Crippen molar-refractivity contribution in [1.29, 1.82) is 0 Å². The second-order valence-electron chi connectivity index (χ2n) is 4.64. The summed E-state index contributed by atoms with van der Waals surface area (Å²) in [6, 6.07) is 2.91. The number of esters is 2. The predicted octanol–water partition coefficient (Wildman–Crippen LogP) is 4.27. The molecule has 6 nitrogen and oxygen atoms in total.